The Morgan fingerprint density at radius 1 is 1.00 bits per heavy atom. The largest absolute Gasteiger partial charge is 0.467 e. The highest BCUT2D eigenvalue weighted by molar-refractivity contribution is 6.30. The van der Waals surface area contributed by atoms with Crippen molar-refractivity contribution in [2.24, 2.45) is 0 Å². The zero-order valence-corrected chi connectivity index (χ0v) is 16.9. The number of ether oxygens (including phenoxy) is 1. The number of halogens is 1. The van der Waals surface area contributed by atoms with E-state index in [0.717, 1.165) is 24.8 Å². The minimum atomic E-state index is -0.727. The molecule has 2 heterocycles. The van der Waals surface area contributed by atoms with E-state index >= 15 is 0 Å². The molecule has 2 fully saturated rings. The van der Waals surface area contributed by atoms with Crippen molar-refractivity contribution in [1.82, 2.24) is 10.2 Å². The third-order valence-electron chi connectivity index (χ3n) is 6.65. The van der Waals surface area contributed by atoms with E-state index in [-0.39, 0.29) is 11.8 Å². The molecule has 0 unspecified atom stereocenters. The predicted molar refractivity (Wildman–Crippen MR) is 110 cm³/mol. The van der Waals surface area contributed by atoms with Gasteiger partial charge in [0.1, 0.15) is 5.75 Å². The molecule has 0 atom stereocenters. The van der Waals surface area contributed by atoms with Gasteiger partial charge in [-0.25, -0.2) is 0 Å². The fraction of sp³-hybridized carbons (Fsp3) is 0.391. The molecule has 150 valence electrons. The summed E-state index contributed by atoms with van der Waals surface area (Å²) in [6.45, 7) is 1.13. The average Bonchev–Trinajstić information content (AvgIpc) is 2.69. The molecule has 6 heteroatoms. The van der Waals surface area contributed by atoms with Crippen LogP contribution in [-0.2, 0) is 10.2 Å². The second-order valence-corrected chi connectivity index (χ2v) is 8.72. The molecule has 2 aromatic carbocycles. The second-order valence-electron chi connectivity index (χ2n) is 8.28. The predicted octanol–water partition coefficient (Wildman–Crippen LogP) is 3.90. The Labute approximate surface area is 175 Å². The fourth-order valence-corrected chi connectivity index (χ4v) is 4.91. The lowest BCUT2D eigenvalue weighted by Gasteiger charge is -2.48. The number of fused-ring (bicyclic) bond motifs is 1. The summed E-state index contributed by atoms with van der Waals surface area (Å²) in [6.07, 6.45) is 3.96. The topological polar surface area (TPSA) is 58.6 Å². The highest BCUT2D eigenvalue weighted by Crippen LogP contribution is 2.46. The van der Waals surface area contributed by atoms with E-state index in [2.05, 4.69) is 5.32 Å². The minimum Gasteiger partial charge on any atom is -0.467 e. The second kappa shape index (κ2) is 6.77. The van der Waals surface area contributed by atoms with E-state index in [1.54, 1.807) is 6.07 Å². The Morgan fingerprint density at radius 3 is 2.34 bits per heavy atom. The number of hydrogen-bond acceptors (Lipinski definition) is 3. The number of carbonyl (C=O) groups excluding carboxylic acids is 2. The first kappa shape index (κ1) is 18.5. The number of nitrogens with zero attached hydrogens (tertiary/aromatic N) is 1. The van der Waals surface area contributed by atoms with Gasteiger partial charge in [0.25, 0.3) is 5.91 Å². The van der Waals surface area contributed by atoms with Crippen LogP contribution in [0.1, 0.15) is 48.0 Å². The van der Waals surface area contributed by atoms with E-state index < -0.39 is 11.1 Å². The van der Waals surface area contributed by atoms with E-state index in [4.69, 9.17) is 16.3 Å². The molecule has 2 aromatic rings. The SMILES string of the molecule is O=C1NC2(CCN(C(=O)C3(c4ccc(Cl)cc4)CCC3)CC2)Oc2ccccc21. The summed E-state index contributed by atoms with van der Waals surface area (Å²) in [5, 5.41) is 3.72. The van der Waals surface area contributed by atoms with Gasteiger partial charge in [-0.1, -0.05) is 42.3 Å². The molecule has 0 bridgehead atoms. The van der Waals surface area contributed by atoms with Crippen molar-refractivity contribution in [3.63, 3.8) is 0 Å². The number of amides is 2. The van der Waals surface area contributed by atoms with Gasteiger partial charge in [0, 0.05) is 31.0 Å². The number of benzene rings is 2. The molecule has 1 saturated heterocycles. The zero-order chi connectivity index (χ0) is 20.1. The summed E-state index contributed by atoms with van der Waals surface area (Å²) in [5.74, 6) is 0.694. The Morgan fingerprint density at radius 2 is 1.69 bits per heavy atom. The van der Waals surface area contributed by atoms with Crippen LogP contribution in [0.5, 0.6) is 5.75 Å². The summed E-state index contributed by atoms with van der Waals surface area (Å²) < 4.78 is 6.20. The number of hydrogen-bond donors (Lipinski definition) is 1. The van der Waals surface area contributed by atoms with E-state index in [9.17, 15) is 9.59 Å². The van der Waals surface area contributed by atoms with Crippen LogP contribution >= 0.6 is 11.6 Å². The van der Waals surface area contributed by atoms with Crippen molar-refractivity contribution < 1.29 is 14.3 Å². The maximum absolute atomic E-state index is 13.5. The molecule has 1 aliphatic carbocycles. The lowest BCUT2D eigenvalue weighted by atomic mass is 9.63. The average molecular weight is 411 g/mol. The van der Waals surface area contributed by atoms with E-state index in [1.807, 2.05) is 47.4 Å². The number of piperidine rings is 1. The molecule has 0 radical (unpaired) electrons. The van der Waals surface area contributed by atoms with E-state index in [1.165, 1.54) is 0 Å². The molecule has 29 heavy (non-hydrogen) atoms. The van der Waals surface area contributed by atoms with Gasteiger partial charge in [-0.2, -0.15) is 0 Å². The summed E-state index contributed by atoms with van der Waals surface area (Å²) in [4.78, 5) is 27.9. The molecule has 1 spiro atoms. The molecule has 3 aliphatic rings. The molecule has 5 nitrogen and oxygen atoms in total. The number of para-hydroxylation sites is 1. The van der Waals surface area contributed by atoms with Crippen LogP contribution in [0.3, 0.4) is 0 Å². The van der Waals surface area contributed by atoms with Gasteiger partial charge >= 0.3 is 0 Å². The molecule has 2 aliphatic heterocycles. The highest BCUT2D eigenvalue weighted by Gasteiger charge is 2.50. The highest BCUT2D eigenvalue weighted by atomic mass is 35.5. The van der Waals surface area contributed by atoms with Gasteiger partial charge in [-0.15, -0.1) is 0 Å². The Bertz CT molecular complexity index is 960. The smallest absolute Gasteiger partial charge is 0.258 e. The van der Waals surface area contributed by atoms with Gasteiger partial charge < -0.3 is 15.0 Å². The summed E-state index contributed by atoms with van der Waals surface area (Å²) in [5.41, 5.74) is 0.454. The number of rotatable bonds is 2. The summed E-state index contributed by atoms with van der Waals surface area (Å²) in [7, 11) is 0. The Kier molecular flexibility index (Phi) is 4.32. The fourth-order valence-electron chi connectivity index (χ4n) is 4.78. The van der Waals surface area contributed by atoms with Crippen LogP contribution in [0.4, 0.5) is 0 Å². The van der Waals surface area contributed by atoms with Crippen molar-refractivity contribution in [1.29, 1.82) is 0 Å². The van der Waals surface area contributed by atoms with E-state index in [0.29, 0.717) is 42.3 Å². The first-order valence-corrected chi connectivity index (χ1v) is 10.6. The molecular formula is C23H23ClN2O3. The first-order chi connectivity index (χ1) is 14.0. The number of nitrogens with one attached hydrogen (secondary N) is 1. The monoisotopic (exact) mass is 410 g/mol. The minimum absolute atomic E-state index is 0.108. The van der Waals surface area contributed by atoms with Crippen molar-refractivity contribution >= 4 is 23.4 Å². The normalized spacial score (nSPS) is 21.6. The lowest BCUT2D eigenvalue weighted by molar-refractivity contribution is -0.145. The third-order valence-corrected chi connectivity index (χ3v) is 6.90. The van der Waals surface area contributed by atoms with Crippen LogP contribution in [0.25, 0.3) is 0 Å². The van der Waals surface area contributed by atoms with Crippen LogP contribution in [0, 0.1) is 0 Å². The molecule has 5 rings (SSSR count). The van der Waals surface area contributed by atoms with Crippen LogP contribution in [0.2, 0.25) is 5.02 Å². The molecule has 2 amide bonds. The maximum Gasteiger partial charge on any atom is 0.258 e. The number of carbonyl (C=O) groups is 2. The molecule has 0 aromatic heterocycles. The van der Waals surface area contributed by atoms with Crippen molar-refractivity contribution in [3.05, 3.63) is 64.7 Å². The Hall–Kier alpha value is -2.53. The van der Waals surface area contributed by atoms with Gasteiger partial charge in [-0.3, -0.25) is 9.59 Å². The van der Waals surface area contributed by atoms with Crippen molar-refractivity contribution in [2.45, 2.75) is 43.2 Å². The van der Waals surface area contributed by atoms with Gasteiger partial charge in [0.2, 0.25) is 5.91 Å². The van der Waals surface area contributed by atoms with Crippen LogP contribution < -0.4 is 10.1 Å². The third kappa shape index (κ3) is 2.99. The van der Waals surface area contributed by atoms with Crippen LogP contribution in [0.15, 0.2) is 48.5 Å². The quantitative estimate of drug-likeness (QED) is 0.816. The molecular weight excluding hydrogens is 388 g/mol. The zero-order valence-electron chi connectivity index (χ0n) is 16.1. The Balaban J connectivity index is 1.32. The van der Waals surface area contributed by atoms with Gasteiger partial charge in [0.15, 0.2) is 5.72 Å². The van der Waals surface area contributed by atoms with Crippen LogP contribution in [-0.4, -0.2) is 35.5 Å². The summed E-state index contributed by atoms with van der Waals surface area (Å²) in [6, 6.07) is 15.0. The number of likely N-dealkylation sites (tertiary alicyclic amines) is 1. The summed E-state index contributed by atoms with van der Waals surface area (Å²) >= 11 is 6.04. The molecule has 1 saturated carbocycles. The maximum atomic E-state index is 13.5. The van der Waals surface area contributed by atoms with Crippen molar-refractivity contribution in [2.75, 3.05) is 13.1 Å². The molecule has 1 N–H and O–H groups in total. The van der Waals surface area contributed by atoms with Gasteiger partial charge in [-0.05, 0) is 42.7 Å². The van der Waals surface area contributed by atoms with Gasteiger partial charge in [0.05, 0.1) is 11.0 Å². The first-order valence-electron chi connectivity index (χ1n) is 10.2. The standard InChI is InChI=1S/C23H23ClN2O3/c24-17-8-6-16(7-9-17)22(10-3-11-22)21(28)26-14-12-23(13-15-26)25-20(27)18-4-1-2-5-19(18)29-23/h1-2,4-9H,3,10-15H2,(H,25,27). The lowest BCUT2D eigenvalue weighted by Crippen LogP contribution is -2.63. The van der Waals surface area contributed by atoms with Crippen molar-refractivity contribution in [3.8, 4) is 5.75 Å².